The highest BCUT2D eigenvalue weighted by Crippen LogP contribution is 2.10. The van der Waals surface area contributed by atoms with Gasteiger partial charge < -0.3 is 15.7 Å². The molecule has 0 unspecified atom stereocenters. The molecular weight excluding hydrogens is 337 g/mol. The number of rotatable bonds is 7. The summed E-state index contributed by atoms with van der Waals surface area (Å²) in [6.45, 7) is 7.13. The number of aryl methyl sites for hydroxylation is 1. The number of benzene rings is 2. The van der Waals surface area contributed by atoms with Crippen molar-refractivity contribution < 1.29 is 9.82 Å². The Labute approximate surface area is 162 Å². The predicted octanol–water partition coefficient (Wildman–Crippen LogP) is 1.04. The highest BCUT2D eigenvalue weighted by atomic mass is 16.2. The second-order valence-electron chi connectivity index (χ2n) is 7.27. The van der Waals surface area contributed by atoms with Crippen molar-refractivity contribution in [1.29, 1.82) is 0 Å². The van der Waals surface area contributed by atoms with Crippen LogP contribution in [0.3, 0.4) is 0 Å². The Morgan fingerprint density at radius 3 is 2.59 bits per heavy atom. The lowest BCUT2D eigenvalue weighted by molar-refractivity contribution is 0.0946. The molecule has 0 aromatic heterocycles. The first-order chi connectivity index (χ1) is 13.1. The maximum Gasteiger partial charge on any atom is 0.293 e. The van der Waals surface area contributed by atoms with E-state index >= 15 is 0 Å². The second kappa shape index (κ2) is 9.69. The Bertz CT molecular complexity index is 745. The fraction of sp³-hybridized carbons (Fsp3) is 0.381. The van der Waals surface area contributed by atoms with E-state index in [0.717, 1.165) is 38.3 Å². The van der Waals surface area contributed by atoms with Crippen LogP contribution < -0.4 is 10.6 Å². The Morgan fingerprint density at radius 2 is 1.93 bits per heavy atom. The molecule has 0 radical (unpaired) electrons. The van der Waals surface area contributed by atoms with Gasteiger partial charge in [0, 0.05) is 44.2 Å². The Balaban J connectivity index is 1.55. The molecule has 3 rings (SSSR count). The first-order valence-electron chi connectivity index (χ1n) is 9.63. The molecule has 2 aromatic rings. The summed E-state index contributed by atoms with van der Waals surface area (Å²) in [5.41, 5.74) is 4.13. The van der Waals surface area contributed by atoms with Crippen LogP contribution in [0, 0.1) is 6.92 Å². The van der Waals surface area contributed by atoms with Gasteiger partial charge in [0.15, 0.2) is 0 Å². The van der Waals surface area contributed by atoms with E-state index in [1.165, 1.54) is 11.1 Å². The fourth-order valence-electron chi connectivity index (χ4n) is 3.44. The molecule has 142 valence electrons. The summed E-state index contributed by atoms with van der Waals surface area (Å²) in [6.07, 6.45) is 0.616. The molecule has 2 aromatic carbocycles. The topological polar surface area (TPSA) is 64.6 Å². The average Bonchev–Trinajstić information content (AvgIpc) is 2.69. The van der Waals surface area contributed by atoms with Crippen LogP contribution in [-0.4, -0.2) is 55.4 Å². The van der Waals surface area contributed by atoms with Gasteiger partial charge in [-0.25, -0.2) is 0 Å². The molecule has 3 N–H and O–H groups in total. The van der Waals surface area contributed by atoms with Crippen LogP contribution in [0.1, 0.15) is 27.0 Å². The molecule has 0 bridgehead atoms. The zero-order chi connectivity index (χ0) is 19.1. The standard InChI is InChI=1S/C21H28BN3O2/c1-16-3-2-4-18(13-16)14-20(22-27)24-21(26)19-7-5-17(6-8-19)15-25-11-9-23-10-12-25/h2-8,13,20,22-23,27H,9-12,14-15H2,1H3,(H,24,26)/t20-/m0/s1. The van der Waals surface area contributed by atoms with E-state index < -0.39 is 0 Å². The number of carbonyl (C=O) groups excluding carboxylic acids is 1. The molecule has 0 spiro atoms. The number of nitrogens with one attached hydrogen (secondary N) is 2. The lowest BCUT2D eigenvalue weighted by atomic mass is 9.83. The van der Waals surface area contributed by atoms with Crippen LogP contribution in [0.2, 0.25) is 0 Å². The third-order valence-corrected chi connectivity index (χ3v) is 4.95. The molecule has 1 aliphatic heterocycles. The maximum absolute atomic E-state index is 12.5. The first kappa shape index (κ1) is 19.6. The molecule has 1 aliphatic rings. The minimum absolute atomic E-state index is 0.0826. The number of nitrogens with zero attached hydrogens (tertiary/aromatic N) is 1. The van der Waals surface area contributed by atoms with Gasteiger partial charge in [0.2, 0.25) is 0 Å². The van der Waals surface area contributed by atoms with Crippen molar-refractivity contribution in [1.82, 2.24) is 15.5 Å². The van der Waals surface area contributed by atoms with Gasteiger partial charge in [-0.3, -0.25) is 9.69 Å². The molecular formula is C21H28BN3O2. The third-order valence-electron chi connectivity index (χ3n) is 4.95. The van der Waals surface area contributed by atoms with E-state index in [2.05, 4.69) is 21.6 Å². The van der Waals surface area contributed by atoms with E-state index in [9.17, 15) is 9.82 Å². The van der Waals surface area contributed by atoms with Gasteiger partial charge in [0.05, 0.1) is 0 Å². The van der Waals surface area contributed by atoms with Crippen LogP contribution in [0.4, 0.5) is 0 Å². The van der Waals surface area contributed by atoms with Gasteiger partial charge in [0.25, 0.3) is 13.4 Å². The molecule has 1 heterocycles. The zero-order valence-electron chi connectivity index (χ0n) is 15.9. The quantitative estimate of drug-likeness (QED) is 0.642. The first-order valence-corrected chi connectivity index (χ1v) is 9.63. The van der Waals surface area contributed by atoms with E-state index in [1.54, 1.807) is 0 Å². The van der Waals surface area contributed by atoms with Crippen LogP contribution in [-0.2, 0) is 13.0 Å². The van der Waals surface area contributed by atoms with E-state index in [1.807, 2.05) is 49.4 Å². The van der Waals surface area contributed by atoms with Gasteiger partial charge in [-0.2, -0.15) is 0 Å². The number of amides is 1. The lowest BCUT2D eigenvalue weighted by Crippen LogP contribution is -2.42. The Kier molecular flexibility index (Phi) is 7.04. The van der Waals surface area contributed by atoms with Crippen molar-refractivity contribution in [3.8, 4) is 0 Å². The number of carbonyl (C=O) groups is 1. The number of hydrogen-bond acceptors (Lipinski definition) is 4. The molecule has 27 heavy (non-hydrogen) atoms. The Hall–Kier alpha value is -2.15. The lowest BCUT2D eigenvalue weighted by Gasteiger charge is -2.27. The normalized spacial score (nSPS) is 15.9. The fourth-order valence-corrected chi connectivity index (χ4v) is 3.44. The third kappa shape index (κ3) is 5.92. The molecule has 1 amide bonds. The summed E-state index contributed by atoms with van der Waals surface area (Å²) < 4.78 is 0. The maximum atomic E-state index is 12.5. The summed E-state index contributed by atoms with van der Waals surface area (Å²) >= 11 is 0. The van der Waals surface area contributed by atoms with E-state index in [0.29, 0.717) is 12.0 Å². The largest absolute Gasteiger partial charge is 0.452 e. The summed E-state index contributed by atoms with van der Waals surface area (Å²) in [5.74, 6) is -0.435. The average molecular weight is 365 g/mol. The molecule has 6 heteroatoms. The highest BCUT2D eigenvalue weighted by Gasteiger charge is 2.16. The highest BCUT2D eigenvalue weighted by molar-refractivity contribution is 6.28. The van der Waals surface area contributed by atoms with Gasteiger partial charge in [-0.05, 0) is 36.6 Å². The minimum Gasteiger partial charge on any atom is -0.452 e. The summed E-state index contributed by atoms with van der Waals surface area (Å²) in [7, 11) is -0.0826. The van der Waals surface area contributed by atoms with Gasteiger partial charge in [0.1, 0.15) is 0 Å². The monoisotopic (exact) mass is 365 g/mol. The number of piperazine rings is 1. The van der Waals surface area contributed by atoms with Crippen LogP contribution in [0.15, 0.2) is 48.5 Å². The van der Waals surface area contributed by atoms with Gasteiger partial charge in [-0.1, -0.05) is 42.0 Å². The van der Waals surface area contributed by atoms with Gasteiger partial charge >= 0.3 is 0 Å². The van der Waals surface area contributed by atoms with Crippen molar-refractivity contribution in [3.05, 3.63) is 70.8 Å². The smallest absolute Gasteiger partial charge is 0.293 e. The molecule has 5 nitrogen and oxygen atoms in total. The van der Waals surface area contributed by atoms with Crippen molar-refractivity contribution in [2.24, 2.45) is 0 Å². The molecule has 0 saturated carbocycles. The van der Waals surface area contributed by atoms with Crippen molar-refractivity contribution in [2.45, 2.75) is 25.8 Å². The summed E-state index contributed by atoms with van der Waals surface area (Å²) in [4.78, 5) is 14.9. The van der Waals surface area contributed by atoms with Gasteiger partial charge in [-0.15, -0.1) is 0 Å². The second-order valence-corrected chi connectivity index (χ2v) is 7.27. The molecule has 1 fully saturated rings. The molecule has 1 atom stereocenters. The van der Waals surface area contributed by atoms with Crippen LogP contribution in [0.25, 0.3) is 0 Å². The van der Waals surface area contributed by atoms with E-state index in [4.69, 9.17) is 0 Å². The zero-order valence-corrected chi connectivity index (χ0v) is 15.9. The molecule has 1 saturated heterocycles. The van der Waals surface area contributed by atoms with E-state index in [-0.39, 0.29) is 19.3 Å². The van der Waals surface area contributed by atoms with Crippen molar-refractivity contribution in [3.63, 3.8) is 0 Å². The number of hydrogen-bond donors (Lipinski definition) is 3. The predicted molar refractivity (Wildman–Crippen MR) is 110 cm³/mol. The van der Waals surface area contributed by atoms with Crippen LogP contribution >= 0.6 is 0 Å². The van der Waals surface area contributed by atoms with Crippen LogP contribution in [0.5, 0.6) is 0 Å². The molecule has 0 aliphatic carbocycles. The SMILES string of the molecule is Cc1cccc(C[C@@H](BO)NC(=O)c2ccc(CN3CCNCC3)cc2)c1. The van der Waals surface area contributed by atoms with Crippen molar-refractivity contribution in [2.75, 3.05) is 26.2 Å². The summed E-state index contributed by atoms with van der Waals surface area (Å²) in [6, 6.07) is 15.9. The summed E-state index contributed by atoms with van der Waals surface area (Å²) in [5, 5.41) is 16.0. The Morgan fingerprint density at radius 1 is 1.19 bits per heavy atom. The minimum atomic E-state index is -0.292. The van der Waals surface area contributed by atoms with Crippen molar-refractivity contribution >= 4 is 13.4 Å².